The Balaban J connectivity index is 1.72. The van der Waals surface area contributed by atoms with Crippen LogP contribution in [0.2, 0.25) is 0 Å². The maximum atomic E-state index is 12.3. The molecule has 1 atom stereocenters. The van der Waals surface area contributed by atoms with E-state index in [1.54, 1.807) is 0 Å². The van der Waals surface area contributed by atoms with Gasteiger partial charge in [-0.3, -0.25) is 4.79 Å². The Labute approximate surface area is 131 Å². The van der Waals surface area contributed by atoms with Crippen LogP contribution in [0.1, 0.15) is 44.9 Å². The second kappa shape index (κ2) is 5.11. The van der Waals surface area contributed by atoms with Crippen molar-refractivity contribution in [3.63, 3.8) is 0 Å². The van der Waals surface area contributed by atoms with Crippen LogP contribution in [0.3, 0.4) is 0 Å². The molecule has 0 bridgehead atoms. The molecule has 1 unspecified atom stereocenters. The zero-order valence-electron chi connectivity index (χ0n) is 13.3. The molecule has 1 aliphatic carbocycles. The number of imidazole rings is 1. The van der Waals surface area contributed by atoms with Crippen LogP contribution < -0.4 is 0 Å². The largest absolute Gasteiger partial charge is 0.339 e. The number of benzene rings is 1. The van der Waals surface area contributed by atoms with E-state index in [4.69, 9.17) is 4.98 Å². The van der Waals surface area contributed by atoms with Crippen molar-refractivity contribution >= 4 is 16.9 Å². The highest BCUT2D eigenvalue weighted by Gasteiger charge is 2.41. The lowest BCUT2D eigenvalue weighted by Crippen LogP contribution is -2.27. The van der Waals surface area contributed by atoms with E-state index in [2.05, 4.69) is 41.5 Å². The van der Waals surface area contributed by atoms with Gasteiger partial charge in [0.2, 0.25) is 5.91 Å². The Kier molecular flexibility index (Phi) is 3.21. The number of hydrogen-bond acceptors (Lipinski definition) is 2. The highest BCUT2D eigenvalue weighted by molar-refractivity contribution is 5.81. The normalized spacial score (nSPS) is 22.2. The molecule has 1 saturated heterocycles. The first-order valence-electron chi connectivity index (χ1n) is 8.38. The number of hydrogen-bond donors (Lipinski definition) is 0. The maximum Gasteiger partial charge on any atom is 0.223 e. The van der Waals surface area contributed by atoms with Gasteiger partial charge in [0.25, 0.3) is 0 Å². The molecule has 4 rings (SSSR count). The van der Waals surface area contributed by atoms with Crippen molar-refractivity contribution in [1.82, 2.24) is 14.5 Å². The SMILES string of the molecule is CC(C)Cn1c(C2CC(=O)N(C3CC3)C2)nc2ccccc21. The van der Waals surface area contributed by atoms with Crippen LogP contribution >= 0.6 is 0 Å². The van der Waals surface area contributed by atoms with Gasteiger partial charge in [0, 0.05) is 31.5 Å². The number of carbonyl (C=O) groups excluding carboxylic acids is 1. The average Bonchev–Trinajstić information content (AvgIpc) is 3.17. The molecule has 1 aliphatic heterocycles. The van der Waals surface area contributed by atoms with E-state index in [1.165, 1.54) is 18.4 Å². The summed E-state index contributed by atoms with van der Waals surface area (Å²) in [5, 5.41) is 0. The summed E-state index contributed by atoms with van der Waals surface area (Å²) in [6.07, 6.45) is 2.99. The minimum absolute atomic E-state index is 0.249. The lowest BCUT2D eigenvalue weighted by atomic mass is 10.1. The van der Waals surface area contributed by atoms with Gasteiger partial charge in [-0.05, 0) is 30.9 Å². The number of aromatic nitrogens is 2. The Morgan fingerprint density at radius 2 is 2.05 bits per heavy atom. The number of rotatable bonds is 4. The molecule has 22 heavy (non-hydrogen) atoms. The van der Waals surface area contributed by atoms with Crippen molar-refractivity contribution in [3.8, 4) is 0 Å². The Morgan fingerprint density at radius 3 is 2.77 bits per heavy atom. The third-order valence-corrected chi connectivity index (χ3v) is 4.74. The van der Waals surface area contributed by atoms with E-state index in [1.807, 2.05) is 6.07 Å². The van der Waals surface area contributed by atoms with Gasteiger partial charge in [0.15, 0.2) is 0 Å². The molecule has 2 aliphatic rings. The van der Waals surface area contributed by atoms with Crippen LogP contribution in [0.25, 0.3) is 11.0 Å². The highest BCUT2D eigenvalue weighted by Crippen LogP contribution is 2.37. The van der Waals surface area contributed by atoms with Crippen LogP contribution in [-0.2, 0) is 11.3 Å². The molecule has 4 nitrogen and oxygen atoms in total. The fourth-order valence-electron chi connectivity index (χ4n) is 3.61. The maximum absolute atomic E-state index is 12.3. The monoisotopic (exact) mass is 297 g/mol. The summed E-state index contributed by atoms with van der Waals surface area (Å²) >= 11 is 0. The van der Waals surface area contributed by atoms with Gasteiger partial charge in [-0.2, -0.15) is 0 Å². The first kappa shape index (κ1) is 13.8. The number of likely N-dealkylation sites (tertiary alicyclic amines) is 1. The van der Waals surface area contributed by atoms with Crippen LogP contribution in [0.4, 0.5) is 0 Å². The molecule has 1 saturated carbocycles. The molecule has 0 spiro atoms. The predicted octanol–water partition coefficient (Wildman–Crippen LogP) is 3.17. The Bertz CT molecular complexity index is 714. The van der Waals surface area contributed by atoms with Gasteiger partial charge in [-0.25, -0.2) is 4.98 Å². The summed E-state index contributed by atoms with van der Waals surface area (Å²) in [7, 11) is 0. The van der Waals surface area contributed by atoms with Gasteiger partial charge in [0.05, 0.1) is 11.0 Å². The first-order valence-corrected chi connectivity index (χ1v) is 8.38. The van der Waals surface area contributed by atoms with E-state index < -0.39 is 0 Å². The molecular formula is C18H23N3O. The van der Waals surface area contributed by atoms with Crippen molar-refractivity contribution in [2.75, 3.05) is 6.54 Å². The molecule has 0 N–H and O–H groups in total. The predicted molar refractivity (Wildman–Crippen MR) is 86.7 cm³/mol. The quantitative estimate of drug-likeness (QED) is 0.869. The van der Waals surface area contributed by atoms with Gasteiger partial charge in [-0.15, -0.1) is 0 Å². The summed E-state index contributed by atoms with van der Waals surface area (Å²) in [4.78, 5) is 19.2. The van der Waals surface area contributed by atoms with Crippen LogP contribution in [0.15, 0.2) is 24.3 Å². The molecule has 4 heteroatoms. The average molecular weight is 297 g/mol. The summed E-state index contributed by atoms with van der Waals surface area (Å²) < 4.78 is 2.34. The van der Waals surface area contributed by atoms with Crippen molar-refractivity contribution in [2.24, 2.45) is 5.92 Å². The van der Waals surface area contributed by atoms with E-state index in [9.17, 15) is 4.79 Å². The van der Waals surface area contributed by atoms with Crippen molar-refractivity contribution in [2.45, 2.75) is 51.6 Å². The van der Waals surface area contributed by atoms with Crippen molar-refractivity contribution < 1.29 is 4.79 Å². The molecule has 2 aromatic rings. The topological polar surface area (TPSA) is 38.1 Å². The summed E-state index contributed by atoms with van der Waals surface area (Å²) in [5.74, 6) is 2.23. The summed E-state index contributed by atoms with van der Waals surface area (Å²) in [5.41, 5.74) is 2.25. The van der Waals surface area contributed by atoms with Crippen molar-refractivity contribution in [1.29, 1.82) is 0 Å². The van der Waals surface area contributed by atoms with Crippen LogP contribution in [0.5, 0.6) is 0 Å². The smallest absolute Gasteiger partial charge is 0.223 e. The van der Waals surface area contributed by atoms with Crippen LogP contribution in [0, 0.1) is 5.92 Å². The molecule has 0 radical (unpaired) electrons. The standard InChI is InChI=1S/C18H23N3O/c1-12(2)10-21-16-6-4-3-5-15(16)19-18(21)13-9-17(22)20(11-13)14-7-8-14/h3-6,12-14H,7-11H2,1-2H3. The van der Waals surface area contributed by atoms with Crippen LogP contribution in [-0.4, -0.2) is 32.9 Å². The number of carbonyl (C=O) groups is 1. The van der Waals surface area contributed by atoms with Gasteiger partial charge >= 0.3 is 0 Å². The van der Waals surface area contributed by atoms with E-state index >= 15 is 0 Å². The highest BCUT2D eigenvalue weighted by atomic mass is 16.2. The van der Waals surface area contributed by atoms with E-state index in [-0.39, 0.29) is 5.92 Å². The molecule has 1 aromatic heterocycles. The Hall–Kier alpha value is -1.84. The van der Waals surface area contributed by atoms with Gasteiger partial charge < -0.3 is 9.47 Å². The molecule has 1 aromatic carbocycles. The third kappa shape index (κ3) is 2.31. The van der Waals surface area contributed by atoms with E-state index in [0.29, 0.717) is 24.3 Å². The lowest BCUT2D eigenvalue weighted by Gasteiger charge is -2.17. The molecule has 2 heterocycles. The summed E-state index contributed by atoms with van der Waals surface area (Å²) in [6, 6.07) is 8.84. The van der Waals surface area contributed by atoms with E-state index in [0.717, 1.165) is 24.4 Å². The summed E-state index contributed by atoms with van der Waals surface area (Å²) in [6.45, 7) is 6.28. The third-order valence-electron chi connectivity index (χ3n) is 4.74. The van der Waals surface area contributed by atoms with Gasteiger partial charge in [0.1, 0.15) is 5.82 Å². The number of fused-ring (bicyclic) bond motifs is 1. The van der Waals surface area contributed by atoms with Crippen molar-refractivity contribution in [3.05, 3.63) is 30.1 Å². The minimum atomic E-state index is 0.249. The second-order valence-corrected chi connectivity index (χ2v) is 7.14. The van der Waals surface area contributed by atoms with Gasteiger partial charge in [-0.1, -0.05) is 26.0 Å². The molecule has 116 valence electrons. The minimum Gasteiger partial charge on any atom is -0.339 e. The number of amides is 1. The molecule has 2 fully saturated rings. The first-order chi connectivity index (χ1) is 10.6. The fraction of sp³-hybridized carbons (Fsp3) is 0.556. The lowest BCUT2D eigenvalue weighted by molar-refractivity contribution is -0.128. The number of para-hydroxylation sites is 2. The zero-order valence-corrected chi connectivity index (χ0v) is 13.3. The fourth-order valence-corrected chi connectivity index (χ4v) is 3.61. The molecular weight excluding hydrogens is 274 g/mol. The Morgan fingerprint density at radius 1 is 1.27 bits per heavy atom. The molecule has 1 amide bonds. The second-order valence-electron chi connectivity index (χ2n) is 7.14. The number of nitrogens with zero attached hydrogens (tertiary/aromatic N) is 3. The zero-order chi connectivity index (χ0) is 15.3.